The normalized spacial score (nSPS) is 18.4. The van der Waals surface area contributed by atoms with Gasteiger partial charge in [-0.15, -0.1) is 0 Å². The van der Waals surface area contributed by atoms with E-state index >= 15 is 0 Å². The molecule has 1 amide bonds. The number of ether oxygens (including phenoxy) is 3. The SMILES string of the molecule is COc1ccc(C(=O)C2COCCN2C(=O)OC(C)(C)C)cc1. The standard InChI is InChI=1S/C17H23NO5/c1-17(2,3)23-16(20)18-9-10-22-11-14(18)15(19)12-5-7-13(21-4)8-6-12/h5-8,14H,9-11H2,1-4H3. The van der Waals surface area contributed by atoms with E-state index in [1.165, 1.54) is 4.90 Å². The van der Waals surface area contributed by atoms with Crippen molar-refractivity contribution < 1.29 is 23.8 Å². The average Bonchev–Trinajstić information content (AvgIpc) is 2.52. The zero-order valence-electron chi connectivity index (χ0n) is 14.0. The first-order valence-electron chi connectivity index (χ1n) is 7.57. The van der Waals surface area contributed by atoms with Crippen molar-refractivity contribution in [2.75, 3.05) is 26.9 Å². The number of amides is 1. The summed E-state index contributed by atoms with van der Waals surface area (Å²) in [7, 11) is 1.57. The summed E-state index contributed by atoms with van der Waals surface area (Å²) in [5.74, 6) is 0.503. The van der Waals surface area contributed by atoms with Gasteiger partial charge in [-0.25, -0.2) is 4.79 Å². The van der Waals surface area contributed by atoms with E-state index < -0.39 is 17.7 Å². The van der Waals surface area contributed by atoms with Gasteiger partial charge in [-0.2, -0.15) is 0 Å². The van der Waals surface area contributed by atoms with Crippen LogP contribution in [0.15, 0.2) is 24.3 Å². The molecule has 2 rings (SSSR count). The molecule has 1 saturated heterocycles. The lowest BCUT2D eigenvalue weighted by molar-refractivity contribution is -0.0265. The molecule has 1 unspecified atom stereocenters. The van der Waals surface area contributed by atoms with Crippen LogP contribution in [0.1, 0.15) is 31.1 Å². The predicted molar refractivity (Wildman–Crippen MR) is 84.9 cm³/mol. The summed E-state index contributed by atoms with van der Waals surface area (Å²) in [6.45, 7) is 6.29. The Morgan fingerprint density at radius 1 is 1.22 bits per heavy atom. The Morgan fingerprint density at radius 2 is 1.87 bits per heavy atom. The largest absolute Gasteiger partial charge is 0.497 e. The number of benzene rings is 1. The fourth-order valence-corrected chi connectivity index (χ4v) is 2.31. The molecule has 6 heteroatoms. The number of methoxy groups -OCH3 is 1. The zero-order valence-corrected chi connectivity index (χ0v) is 14.0. The lowest BCUT2D eigenvalue weighted by Gasteiger charge is -2.35. The van der Waals surface area contributed by atoms with Crippen molar-refractivity contribution >= 4 is 11.9 Å². The Labute approximate surface area is 136 Å². The van der Waals surface area contributed by atoms with Gasteiger partial charge in [0.05, 0.1) is 20.3 Å². The molecule has 1 fully saturated rings. The Hall–Kier alpha value is -2.08. The monoisotopic (exact) mass is 321 g/mol. The lowest BCUT2D eigenvalue weighted by Crippen LogP contribution is -2.53. The van der Waals surface area contributed by atoms with Crippen molar-refractivity contribution in [3.8, 4) is 5.75 Å². The first kappa shape index (κ1) is 17.3. The number of hydrogen-bond donors (Lipinski definition) is 0. The van der Waals surface area contributed by atoms with E-state index in [2.05, 4.69) is 0 Å². The van der Waals surface area contributed by atoms with Gasteiger partial charge in [-0.05, 0) is 45.0 Å². The van der Waals surface area contributed by atoms with Crippen LogP contribution in [0.5, 0.6) is 5.75 Å². The minimum absolute atomic E-state index is 0.168. The van der Waals surface area contributed by atoms with Gasteiger partial charge in [0.2, 0.25) is 0 Å². The molecule has 1 aromatic carbocycles. The molecule has 0 bridgehead atoms. The zero-order chi connectivity index (χ0) is 17.0. The van der Waals surface area contributed by atoms with Crippen molar-refractivity contribution in [1.29, 1.82) is 0 Å². The third kappa shape index (κ3) is 4.45. The smallest absolute Gasteiger partial charge is 0.411 e. The first-order chi connectivity index (χ1) is 10.8. The van der Waals surface area contributed by atoms with E-state index in [1.807, 2.05) is 0 Å². The molecule has 126 valence electrons. The molecule has 0 saturated carbocycles. The summed E-state index contributed by atoms with van der Waals surface area (Å²) in [6, 6.07) is 6.13. The number of rotatable bonds is 3. The molecule has 0 spiro atoms. The van der Waals surface area contributed by atoms with Crippen molar-refractivity contribution in [3.63, 3.8) is 0 Å². The third-order valence-corrected chi connectivity index (χ3v) is 3.43. The first-order valence-corrected chi connectivity index (χ1v) is 7.57. The van der Waals surface area contributed by atoms with E-state index in [1.54, 1.807) is 52.1 Å². The second-order valence-corrected chi connectivity index (χ2v) is 6.36. The van der Waals surface area contributed by atoms with Crippen LogP contribution in [-0.4, -0.2) is 55.3 Å². The molecule has 1 atom stereocenters. The highest BCUT2D eigenvalue weighted by Crippen LogP contribution is 2.19. The van der Waals surface area contributed by atoms with Gasteiger partial charge in [-0.3, -0.25) is 9.69 Å². The van der Waals surface area contributed by atoms with Crippen molar-refractivity contribution in [3.05, 3.63) is 29.8 Å². The highest BCUT2D eigenvalue weighted by atomic mass is 16.6. The highest BCUT2D eigenvalue weighted by Gasteiger charge is 2.35. The molecular weight excluding hydrogens is 298 g/mol. The molecule has 1 aliphatic heterocycles. The number of ketones is 1. The maximum absolute atomic E-state index is 12.7. The van der Waals surface area contributed by atoms with Crippen LogP contribution in [0.4, 0.5) is 4.79 Å². The Bertz CT molecular complexity index is 561. The van der Waals surface area contributed by atoms with Crippen LogP contribution in [-0.2, 0) is 9.47 Å². The fraction of sp³-hybridized carbons (Fsp3) is 0.529. The predicted octanol–water partition coefficient (Wildman–Crippen LogP) is 2.51. The lowest BCUT2D eigenvalue weighted by atomic mass is 10.0. The van der Waals surface area contributed by atoms with Crippen molar-refractivity contribution in [2.45, 2.75) is 32.4 Å². The maximum Gasteiger partial charge on any atom is 0.411 e. The van der Waals surface area contributed by atoms with Gasteiger partial charge in [0, 0.05) is 12.1 Å². The van der Waals surface area contributed by atoms with E-state index in [-0.39, 0.29) is 12.4 Å². The number of Topliss-reactive ketones (excluding diaryl/α,β-unsaturated/α-hetero) is 1. The average molecular weight is 321 g/mol. The van der Waals surface area contributed by atoms with Crippen LogP contribution in [0.3, 0.4) is 0 Å². The topological polar surface area (TPSA) is 65.1 Å². The molecule has 1 aromatic rings. The molecule has 0 aromatic heterocycles. The highest BCUT2D eigenvalue weighted by molar-refractivity contribution is 6.01. The Balaban J connectivity index is 2.16. The minimum Gasteiger partial charge on any atom is -0.497 e. The van der Waals surface area contributed by atoms with Gasteiger partial charge < -0.3 is 14.2 Å². The number of carbonyl (C=O) groups is 2. The molecule has 0 radical (unpaired) electrons. The van der Waals surface area contributed by atoms with E-state index in [0.717, 1.165) is 0 Å². The van der Waals surface area contributed by atoms with Crippen LogP contribution in [0.2, 0.25) is 0 Å². The van der Waals surface area contributed by atoms with Gasteiger partial charge in [0.1, 0.15) is 17.4 Å². The van der Waals surface area contributed by atoms with Crippen molar-refractivity contribution in [2.24, 2.45) is 0 Å². The molecule has 1 aliphatic rings. The maximum atomic E-state index is 12.7. The number of nitrogens with zero attached hydrogens (tertiary/aromatic N) is 1. The number of carbonyl (C=O) groups excluding carboxylic acids is 2. The molecule has 6 nitrogen and oxygen atoms in total. The molecule has 0 N–H and O–H groups in total. The van der Waals surface area contributed by atoms with E-state index in [4.69, 9.17) is 14.2 Å². The molecule has 23 heavy (non-hydrogen) atoms. The summed E-state index contributed by atoms with van der Waals surface area (Å²) in [6.07, 6.45) is -0.493. The quantitative estimate of drug-likeness (QED) is 0.800. The summed E-state index contributed by atoms with van der Waals surface area (Å²) < 4.78 is 15.9. The molecular formula is C17H23NO5. The number of hydrogen-bond acceptors (Lipinski definition) is 5. The van der Waals surface area contributed by atoms with E-state index in [9.17, 15) is 9.59 Å². The molecule has 1 heterocycles. The van der Waals surface area contributed by atoms with Crippen LogP contribution in [0, 0.1) is 0 Å². The second kappa shape index (κ2) is 7.00. The Morgan fingerprint density at radius 3 is 2.43 bits per heavy atom. The fourth-order valence-electron chi connectivity index (χ4n) is 2.31. The van der Waals surface area contributed by atoms with Gasteiger partial charge in [0.25, 0.3) is 0 Å². The van der Waals surface area contributed by atoms with Crippen molar-refractivity contribution in [1.82, 2.24) is 4.90 Å². The van der Waals surface area contributed by atoms with Gasteiger partial charge in [0.15, 0.2) is 5.78 Å². The van der Waals surface area contributed by atoms with Gasteiger partial charge in [-0.1, -0.05) is 0 Å². The van der Waals surface area contributed by atoms with Crippen LogP contribution < -0.4 is 4.74 Å². The summed E-state index contributed by atoms with van der Waals surface area (Å²) >= 11 is 0. The second-order valence-electron chi connectivity index (χ2n) is 6.36. The third-order valence-electron chi connectivity index (χ3n) is 3.43. The van der Waals surface area contributed by atoms with Crippen LogP contribution in [0.25, 0.3) is 0 Å². The summed E-state index contributed by atoms with van der Waals surface area (Å²) in [5.41, 5.74) is -0.0989. The summed E-state index contributed by atoms with van der Waals surface area (Å²) in [5, 5.41) is 0. The molecule has 0 aliphatic carbocycles. The summed E-state index contributed by atoms with van der Waals surface area (Å²) in [4.78, 5) is 26.5. The van der Waals surface area contributed by atoms with Crippen LogP contribution >= 0.6 is 0 Å². The van der Waals surface area contributed by atoms with E-state index in [0.29, 0.717) is 24.5 Å². The Kier molecular flexibility index (Phi) is 5.26. The minimum atomic E-state index is -0.674. The number of morpholine rings is 1. The van der Waals surface area contributed by atoms with Gasteiger partial charge >= 0.3 is 6.09 Å².